The van der Waals surface area contributed by atoms with Crippen LogP contribution in [-0.2, 0) is 4.79 Å². The van der Waals surface area contributed by atoms with Crippen LogP contribution in [0.4, 0.5) is 0 Å². The lowest BCUT2D eigenvalue weighted by atomic mass is 9.50. The Labute approximate surface area is 127 Å². The van der Waals surface area contributed by atoms with Gasteiger partial charge in [0, 0.05) is 5.92 Å². The van der Waals surface area contributed by atoms with Gasteiger partial charge in [0.25, 0.3) is 0 Å². The first-order valence-corrected chi connectivity index (χ1v) is 8.61. The number of aliphatic hydroxyl groups excluding tert-OH is 1. The van der Waals surface area contributed by atoms with Crippen molar-refractivity contribution in [2.45, 2.75) is 52.1 Å². The second kappa shape index (κ2) is 4.55. The van der Waals surface area contributed by atoms with Crippen LogP contribution in [0, 0.1) is 35.0 Å². The molecule has 1 N–H and O–H groups in total. The van der Waals surface area contributed by atoms with Gasteiger partial charge in [-0.25, -0.2) is 0 Å². The summed E-state index contributed by atoms with van der Waals surface area (Å²) in [5.74, 6) is 3.39. The van der Waals surface area contributed by atoms with Crippen LogP contribution in [0.3, 0.4) is 0 Å². The number of ketones is 1. The molecule has 0 amide bonds. The molecule has 4 aliphatic rings. The molecular weight excluding hydrogens is 260 g/mol. The number of carbonyl (C=O) groups excluding carboxylic acids is 1. The van der Waals surface area contributed by atoms with Gasteiger partial charge in [-0.1, -0.05) is 25.5 Å². The van der Waals surface area contributed by atoms with E-state index in [1.54, 1.807) is 6.08 Å². The maximum absolute atomic E-state index is 11.7. The first kappa shape index (κ1) is 13.8. The number of fused-ring (bicyclic) bond motifs is 5. The third kappa shape index (κ3) is 1.84. The molecule has 0 unspecified atom stereocenters. The van der Waals surface area contributed by atoms with E-state index in [9.17, 15) is 9.90 Å². The van der Waals surface area contributed by atoms with Crippen molar-refractivity contribution < 1.29 is 9.90 Å². The van der Waals surface area contributed by atoms with Gasteiger partial charge in [-0.2, -0.15) is 0 Å². The summed E-state index contributed by atoms with van der Waals surface area (Å²) in [7, 11) is 0. The first-order chi connectivity index (χ1) is 10.0. The molecule has 0 radical (unpaired) electrons. The van der Waals surface area contributed by atoms with Gasteiger partial charge in [0.05, 0.1) is 6.10 Å². The minimum absolute atomic E-state index is 0.101. The number of carbonyl (C=O) groups is 1. The molecule has 3 fully saturated rings. The molecule has 114 valence electrons. The average molecular weight is 286 g/mol. The monoisotopic (exact) mass is 286 g/mol. The predicted molar refractivity (Wildman–Crippen MR) is 82.6 cm³/mol. The summed E-state index contributed by atoms with van der Waals surface area (Å²) in [4.78, 5) is 11.7. The Balaban J connectivity index is 1.69. The van der Waals surface area contributed by atoms with Crippen molar-refractivity contribution in [1.29, 1.82) is 0 Å². The number of hydrogen-bond donors (Lipinski definition) is 1. The van der Waals surface area contributed by atoms with E-state index in [2.05, 4.69) is 19.9 Å². The Morgan fingerprint density at radius 2 is 2.10 bits per heavy atom. The van der Waals surface area contributed by atoms with Crippen molar-refractivity contribution in [3.63, 3.8) is 0 Å². The van der Waals surface area contributed by atoms with E-state index in [4.69, 9.17) is 0 Å². The van der Waals surface area contributed by atoms with E-state index in [0.717, 1.165) is 25.2 Å². The van der Waals surface area contributed by atoms with E-state index < -0.39 is 0 Å². The van der Waals surface area contributed by atoms with E-state index in [0.29, 0.717) is 23.7 Å². The van der Waals surface area contributed by atoms with Gasteiger partial charge >= 0.3 is 0 Å². The maximum Gasteiger partial charge on any atom is 0.178 e. The van der Waals surface area contributed by atoms with Crippen molar-refractivity contribution in [2.75, 3.05) is 0 Å². The quantitative estimate of drug-likeness (QED) is 0.740. The van der Waals surface area contributed by atoms with Crippen LogP contribution in [0.15, 0.2) is 23.8 Å². The lowest BCUT2D eigenvalue weighted by Crippen LogP contribution is -2.49. The summed E-state index contributed by atoms with van der Waals surface area (Å²) < 4.78 is 0. The first-order valence-electron chi connectivity index (χ1n) is 8.61. The zero-order valence-corrected chi connectivity index (χ0v) is 13.1. The van der Waals surface area contributed by atoms with Crippen molar-refractivity contribution >= 4 is 5.78 Å². The fraction of sp³-hybridized carbons (Fsp3) is 0.737. The van der Waals surface area contributed by atoms with Crippen molar-refractivity contribution in [3.05, 3.63) is 23.8 Å². The normalized spacial score (nSPS) is 52.0. The van der Waals surface area contributed by atoms with Crippen LogP contribution in [0.2, 0.25) is 0 Å². The maximum atomic E-state index is 11.7. The molecule has 2 heteroatoms. The number of aliphatic hydroxyl groups is 1. The minimum atomic E-state index is -0.101. The molecule has 3 saturated carbocycles. The van der Waals surface area contributed by atoms with Gasteiger partial charge in [0.15, 0.2) is 5.78 Å². The Morgan fingerprint density at radius 3 is 2.90 bits per heavy atom. The minimum Gasteiger partial charge on any atom is -0.393 e. The molecule has 0 spiro atoms. The highest BCUT2D eigenvalue weighted by atomic mass is 16.3. The molecule has 0 aromatic heterocycles. The van der Waals surface area contributed by atoms with Gasteiger partial charge < -0.3 is 5.11 Å². The third-order valence-electron chi connectivity index (χ3n) is 7.23. The largest absolute Gasteiger partial charge is 0.393 e. The lowest BCUT2D eigenvalue weighted by molar-refractivity contribution is -0.110. The second-order valence-corrected chi connectivity index (χ2v) is 8.17. The molecular formula is C19H26O2. The zero-order chi connectivity index (χ0) is 14.8. The molecule has 0 bridgehead atoms. The third-order valence-corrected chi connectivity index (χ3v) is 7.23. The topological polar surface area (TPSA) is 37.3 Å². The van der Waals surface area contributed by atoms with Crippen molar-refractivity contribution in [2.24, 2.45) is 35.0 Å². The van der Waals surface area contributed by atoms with Crippen LogP contribution >= 0.6 is 0 Å². The average Bonchev–Trinajstić information content (AvgIpc) is 2.74. The zero-order valence-electron chi connectivity index (χ0n) is 13.1. The highest BCUT2D eigenvalue weighted by molar-refractivity contribution is 6.00. The standard InChI is InChI=1S/C19H26O2/c1-11-9-12-10-13(20)3-4-14(12)15-7-8-19(2)16(18(11)15)5-6-17(19)21/h3-4,10-11,14-18,21H,5-9H2,1-2H3/t11-,14+,15-,16+,17+,18-,19+/m1/s1. The highest BCUT2D eigenvalue weighted by Gasteiger charge is 2.57. The molecule has 0 saturated heterocycles. The molecule has 4 rings (SSSR count). The molecule has 7 atom stereocenters. The summed E-state index contributed by atoms with van der Waals surface area (Å²) in [5, 5.41) is 10.5. The SMILES string of the molecule is C[C@@H]1CC2=CC(=O)C=C[C@@H]2[C@H]2CC[C@]3(C)[C@@H](O)CC[C@H]3[C@@H]21. The second-order valence-electron chi connectivity index (χ2n) is 8.17. The van der Waals surface area contributed by atoms with E-state index >= 15 is 0 Å². The summed E-state index contributed by atoms with van der Waals surface area (Å²) in [6.45, 7) is 4.69. The van der Waals surface area contributed by atoms with Gasteiger partial charge in [-0.3, -0.25) is 4.79 Å². The Bertz CT molecular complexity index is 532. The van der Waals surface area contributed by atoms with Crippen LogP contribution in [0.5, 0.6) is 0 Å². The number of hydrogen-bond acceptors (Lipinski definition) is 2. The molecule has 0 heterocycles. The van der Waals surface area contributed by atoms with E-state index in [1.807, 2.05) is 6.08 Å². The smallest absolute Gasteiger partial charge is 0.178 e. The number of rotatable bonds is 0. The summed E-state index contributed by atoms with van der Waals surface area (Å²) in [5.41, 5.74) is 1.52. The fourth-order valence-electron chi connectivity index (χ4n) is 6.20. The molecule has 0 aliphatic heterocycles. The van der Waals surface area contributed by atoms with E-state index in [-0.39, 0.29) is 17.3 Å². The van der Waals surface area contributed by atoms with Crippen LogP contribution in [0.25, 0.3) is 0 Å². The van der Waals surface area contributed by atoms with Gasteiger partial charge in [-0.05, 0) is 73.3 Å². The van der Waals surface area contributed by atoms with E-state index in [1.165, 1.54) is 18.4 Å². The molecule has 21 heavy (non-hydrogen) atoms. The molecule has 0 aromatic carbocycles. The Kier molecular flexibility index (Phi) is 2.98. The van der Waals surface area contributed by atoms with Crippen LogP contribution < -0.4 is 0 Å². The highest BCUT2D eigenvalue weighted by Crippen LogP contribution is 2.62. The Hall–Kier alpha value is -0.890. The van der Waals surface area contributed by atoms with Crippen LogP contribution in [-0.4, -0.2) is 17.0 Å². The molecule has 4 aliphatic carbocycles. The molecule has 0 aromatic rings. The summed E-state index contributed by atoms with van der Waals surface area (Å²) in [6, 6.07) is 0. The predicted octanol–water partition coefficient (Wildman–Crippen LogP) is 3.51. The van der Waals surface area contributed by atoms with Crippen molar-refractivity contribution in [1.82, 2.24) is 0 Å². The van der Waals surface area contributed by atoms with Gasteiger partial charge in [-0.15, -0.1) is 0 Å². The summed E-state index contributed by atoms with van der Waals surface area (Å²) in [6.07, 6.45) is 11.4. The Morgan fingerprint density at radius 1 is 1.29 bits per heavy atom. The fourth-order valence-corrected chi connectivity index (χ4v) is 6.20. The van der Waals surface area contributed by atoms with Crippen molar-refractivity contribution in [3.8, 4) is 0 Å². The molecule has 2 nitrogen and oxygen atoms in total. The van der Waals surface area contributed by atoms with Crippen LogP contribution in [0.1, 0.15) is 46.0 Å². The van der Waals surface area contributed by atoms with Gasteiger partial charge in [0.2, 0.25) is 0 Å². The summed E-state index contributed by atoms with van der Waals surface area (Å²) >= 11 is 0. The number of allylic oxidation sites excluding steroid dienone is 4. The lowest BCUT2D eigenvalue weighted by Gasteiger charge is -2.55. The van der Waals surface area contributed by atoms with Gasteiger partial charge in [0.1, 0.15) is 0 Å².